The molecular formula is C13H9BrFN3S. The summed E-state index contributed by atoms with van der Waals surface area (Å²) < 4.78 is 15.6. The van der Waals surface area contributed by atoms with Gasteiger partial charge in [0.25, 0.3) is 0 Å². The van der Waals surface area contributed by atoms with Gasteiger partial charge in [-0.15, -0.1) is 10.2 Å². The predicted molar refractivity (Wildman–Crippen MR) is 76.6 cm³/mol. The zero-order valence-electron chi connectivity index (χ0n) is 9.75. The number of rotatable bonds is 3. The van der Waals surface area contributed by atoms with Crippen LogP contribution in [0.25, 0.3) is 5.65 Å². The van der Waals surface area contributed by atoms with Gasteiger partial charge in [-0.3, -0.25) is 4.40 Å². The third kappa shape index (κ3) is 2.64. The Balaban J connectivity index is 1.80. The standard InChI is InChI=1S/C13H9BrFN3S/c14-10-7-9(4-5-11(10)15)8-19-13-17-16-12-3-1-2-6-18(12)13/h1-7H,8H2. The Morgan fingerprint density at radius 1 is 1.21 bits per heavy atom. The van der Waals surface area contributed by atoms with Gasteiger partial charge in [0.2, 0.25) is 0 Å². The summed E-state index contributed by atoms with van der Waals surface area (Å²) in [6.07, 6.45) is 1.93. The SMILES string of the molecule is Fc1ccc(CSc2nnc3ccccn23)cc1Br. The van der Waals surface area contributed by atoms with Gasteiger partial charge < -0.3 is 0 Å². The van der Waals surface area contributed by atoms with Crippen molar-refractivity contribution in [2.24, 2.45) is 0 Å². The van der Waals surface area contributed by atoms with Crippen LogP contribution in [0.2, 0.25) is 0 Å². The molecule has 0 aliphatic rings. The number of halogens is 2. The average molecular weight is 338 g/mol. The third-order valence-electron chi connectivity index (χ3n) is 2.63. The number of benzene rings is 1. The van der Waals surface area contributed by atoms with E-state index in [2.05, 4.69) is 26.1 Å². The Morgan fingerprint density at radius 3 is 2.95 bits per heavy atom. The quantitative estimate of drug-likeness (QED) is 0.678. The maximum Gasteiger partial charge on any atom is 0.195 e. The molecule has 3 rings (SSSR count). The Labute approximate surface area is 122 Å². The van der Waals surface area contributed by atoms with E-state index < -0.39 is 0 Å². The zero-order chi connectivity index (χ0) is 13.2. The maximum atomic E-state index is 13.1. The average Bonchev–Trinajstić information content (AvgIpc) is 2.83. The summed E-state index contributed by atoms with van der Waals surface area (Å²) >= 11 is 4.76. The number of hydrogen-bond donors (Lipinski definition) is 0. The van der Waals surface area contributed by atoms with Gasteiger partial charge in [-0.1, -0.05) is 23.9 Å². The van der Waals surface area contributed by atoms with Crippen LogP contribution in [0.5, 0.6) is 0 Å². The second-order valence-corrected chi connectivity index (χ2v) is 5.75. The number of pyridine rings is 1. The fraction of sp³-hybridized carbons (Fsp3) is 0.0769. The lowest BCUT2D eigenvalue weighted by molar-refractivity contribution is 0.620. The van der Waals surface area contributed by atoms with Crippen molar-refractivity contribution in [1.29, 1.82) is 0 Å². The van der Waals surface area contributed by atoms with Gasteiger partial charge in [0, 0.05) is 11.9 Å². The molecule has 0 atom stereocenters. The van der Waals surface area contributed by atoms with Gasteiger partial charge in [0.1, 0.15) is 5.82 Å². The molecule has 0 radical (unpaired) electrons. The van der Waals surface area contributed by atoms with E-state index in [0.29, 0.717) is 10.2 Å². The molecule has 0 N–H and O–H groups in total. The van der Waals surface area contributed by atoms with E-state index in [-0.39, 0.29) is 5.82 Å². The number of thioether (sulfide) groups is 1. The van der Waals surface area contributed by atoms with Crippen molar-refractivity contribution in [2.45, 2.75) is 10.9 Å². The summed E-state index contributed by atoms with van der Waals surface area (Å²) in [5, 5.41) is 9.06. The summed E-state index contributed by atoms with van der Waals surface area (Å²) in [5.41, 5.74) is 1.86. The van der Waals surface area contributed by atoms with E-state index in [1.165, 1.54) is 6.07 Å². The van der Waals surface area contributed by atoms with Crippen LogP contribution in [-0.2, 0) is 5.75 Å². The molecule has 0 bridgehead atoms. The molecule has 0 spiro atoms. The molecule has 0 aliphatic carbocycles. The minimum atomic E-state index is -0.248. The van der Waals surface area contributed by atoms with Crippen LogP contribution in [0.3, 0.4) is 0 Å². The van der Waals surface area contributed by atoms with Crippen LogP contribution >= 0.6 is 27.7 Å². The minimum absolute atomic E-state index is 0.248. The van der Waals surface area contributed by atoms with Crippen molar-refractivity contribution in [1.82, 2.24) is 14.6 Å². The number of nitrogens with zero attached hydrogens (tertiary/aromatic N) is 3. The smallest absolute Gasteiger partial charge is 0.195 e. The number of hydrogen-bond acceptors (Lipinski definition) is 3. The van der Waals surface area contributed by atoms with E-state index in [9.17, 15) is 4.39 Å². The molecule has 2 heterocycles. The largest absolute Gasteiger partial charge is 0.277 e. The first-order valence-electron chi connectivity index (χ1n) is 5.60. The second-order valence-electron chi connectivity index (χ2n) is 3.95. The fourth-order valence-corrected chi connectivity index (χ4v) is 2.99. The molecule has 0 aliphatic heterocycles. The molecule has 0 unspecified atom stereocenters. The second kappa shape index (κ2) is 5.30. The fourth-order valence-electron chi connectivity index (χ4n) is 1.70. The van der Waals surface area contributed by atoms with Gasteiger partial charge in [-0.05, 0) is 45.8 Å². The van der Waals surface area contributed by atoms with Crippen molar-refractivity contribution in [3.05, 3.63) is 58.4 Å². The van der Waals surface area contributed by atoms with E-state index in [4.69, 9.17) is 0 Å². The van der Waals surface area contributed by atoms with Gasteiger partial charge in [-0.25, -0.2) is 4.39 Å². The number of fused-ring (bicyclic) bond motifs is 1. The van der Waals surface area contributed by atoms with Gasteiger partial charge >= 0.3 is 0 Å². The Bertz CT molecular complexity index is 729. The summed E-state index contributed by atoms with van der Waals surface area (Å²) in [5.74, 6) is 0.468. The molecule has 0 saturated carbocycles. The molecule has 2 aromatic heterocycles. The van der Waals surface area contributed by atoms with Gasteiger partial charge in [-0.2, -0.15) is 0 Å². The van der Waals surface area contributed by atoms with E-state index in [1.807, 2.05) is 28.8 Å². The Hall–Kier alpha value is -1.40. The lowest BCUT2D eigenvalue weighted by Crippen LogP contribution is -1.88. The molecule has 96 valence electrons. The lowest BCUT2D eigenvalue weighted by atomic mass is 10.2. The Morgan fingerprint density at radius 2 is 2.11 bits per heavy atom. The van der Waals surface area contributed by atoms with Crippen LogP contribution in [0.15, 0.2) is 52.2 Å². The summed E-state index contributed by atoms with van der Waals surface area (Å²) in [6, 6.07) is 10.8. The van der Waals surface area contributed by atoms with E-state index >= 15 is 0 Å². The van der Waals surface area contributed by atoms with Crippen molar-refractivity contribution in [2.75, 3.05) is 0 Å². The zero-order valence-corrected chi connectivity index (χ0v) is 12.2. The van der Waals surface area contributed by atoms with Crippen LogP contribution in [0.4, 0.5) is 4.39 Å². The predicted octanol–water partition coefficient (Wildman–Crippen LogP) is 3.92. The number of aromatic nitrogens is 3. The lowest BCUT2D eigenvalue weighted by Gasteiger charge is -2.02. The highest BCUT2D eigenvalue weighted by molar-refractivity contribution is 9.10. The van der Waals surface area contributed by atoms with E-state index in [1.54, 1.807) is 23.9 Å². The molecule has 6 heteroatoms. The molecule has 0 saturated heterocycles. The van der Waals surface area contributed by atoms with Crippen LogP contribution in [-0.4, -0.2) is 14.6 Å². The molecule has 19 heavy (non-hydrogen) atoms. The van der Waals surface area contributed by atoms with E-state index in [0.717, 1.165) is 16.4 Å². The van der Waals surface area contributed by atoms with Crippen LogP contribution in [0.1, 0.15) is 5.56 Å². The van der Waals surface area contributed by atoms with Crippen molar-refractivity contribution < 1.29 is 4.39 Å². The van der Waals surface area contributed by atoms with Crippen molar-refractivity contribution in [3.8, 4) is 0 Å². The summed E-state index contributed by atoms with van der Waals surface area (Å²) in [6.45, 7) is 0. The molecule has 3 aromatic rings. The maximum absolute atomic E-state index is 13.1. The highest BCUT2D eigenvalue weighted by Crippen LogP contribution is 2.24. The van der Waals surface area contributed by atoms with Crippen LogP contribution in [0, 0.1) is 5.82 Å². The first-order chi connectivity index (χ1) is 9.24. The molecule has 1 aromatic carbocycles. The van der Waals surface area contributed by atoms with Crippen molar-refractivity contribution >= 4 is 33.3 Å². The van der Waals surface area contributed by atoms with Gasteiger partial charge in [0.05, 0.1) is 4.47 Å². The summed E-state index contributed by atoms with van der Waals surface area (Å²) in [4.78, 5) is 0. The minimum Gasteiger partial charge on any atom is -0.277 e. The molecule has 0 amide bonds. The highest BCUT2D eigenvalue weighted by Gasteiger charge is 2.06. The monoisotopic (exact) mass is 337 g/mol. The van der Waals surface area contributed by atoms with Gasteiger partial charge in [0.15, 0.2) is 10.8 Å². The Kier molecular flexibility index (Phi) is 3.52. The summed E-state index contributed by atoms with van der Waals surface area (Å²) in [7, 11) is 0. The first-order valence-corrected chi connectivity index (χ1v) is 7.38. The first kappa shape index (κ1) is 12.6. The molecule has 3 nitrogen and oxygen atoms in total. The highest BCUT2D eigenvalue weighted by atomic mass is 79.9. The van der Waals surface area contributed by atoms with Crippen LogP contribution < -0.4 is 0 Å². The van der Waals surface area contributed by atoms with Crippen molar-refractivity contribution in [3.63, 3.8) is 0 Å². The topological polar surface area (TPSA) is 30.2 Å². The molecule has 0 fully saturated rings. The third-order valence-corrected chi connectivity index (χ3v) is 4.26. The normalized spacial score (nSPS) is 11.1. The molecular weight excluding hydrogens is 329 g/mol.